The van der Waals surface area contributed by atoms with Gasteiger partial charge in [-0.1, -0.05) is 36.4 Å². The van der Waals surface area contributed by atoms with Gasteiger partial charge in [0.1, 0.15) is 0 Å². The fourth-order valence-corrected chi connectivity index (χ4v) is 3.02. The second-order valence-electron chi connectivity index (χ2n) is 5.68. The number of fused-ring (bicyclic) bond motifs is 1. The molecule has 2 aromatic carbocycles. The molecule has 0 spiro atoms. The molecule has 3 nitrogen and oxygen atoms in total. The van der Waals surface area contributed by atoms with Crippen molar-refractivity contribution in [3.8, 4) is 0 Å². The minimum atomic E-state index is 0. The molecule has 0 saturated carbocycles. The predicted octanol–water partition coefficient (Wildman–Crippen LogP) is 3.36. The zero-order valence-corrected chi connectivity index (χ0v) is 13.7. The van der Waals surface area contributed by atoms with Gasteiger partial charge in [0, 0.05) is 13.1 Å². The van der Waals surface area contributed by atoms with Crippen LogP contribution in [0, 0.1) is 0 Å². The Kier molecular flexibility index (Phi) is 5.81. The van der Waals surface area contributed by atoms with Gasteiger partial charge in [-0.3, -0.25) is 4.79 Å². The highest BCUT2D eigenvalue weighted by Gasteiger charge is 2.26. The van der Waals surface area contributed by atoms with Gasteiger partial charge in [0.05, 0.1) is 6.04 Å². The van der Waals surface area contributed by atoms with E-state index in [1.165, 1.54) is 16.3 Å². The van der Waals surface area contributed by atoms with E-state index in [0.717, 1.165) is 25.9 Å². The zero-order chi connectivity index (χ0) is 14.7. The zero-order valence-electron chi connectivity index (χ0n) is 12.9. The SMILES string of the molecule is CCN(Cc1ccc2ccccc2c1)C(=O)C1CCCN1.Cl. The average molecular weight is 319 g/mol. The molecule has 1 saturated heterocycles. The van der Waals surface area contributed by atoms with Gasteiger partial charge in [0.25, 0.3) is 0 Å². The largest absolute Gasteiger partial charge is 0.337 e. The van der Waals surface area contributed by atoms with Gasteiger partial charge in [0.15, 0.2) is 0 Å². The summed E-state index contributed by atoms with van der Waals surface area (Å²) in [5.41, 5.74) is 1.20. The molecule has 0 aromatic heterocycles. The van der Waals surface area contributed by atoms with Gasteiger partial charge in [-0.2, -0.15) is 0 Å². The van der Waals surface area contributed by atoms with E-state index >= 15 is 0 Å². The molecule has 0 bridgehead atoms. The minimum Gasteiger partial charge on any atom is -0.337 e. The van der Waals surface area contributed by atoms with Gasteiger partial charge >= 0.3 is 0 Å². The van der Waals surface area contributed by atoms with Crippen LogP contribution in [0.5, 0.6) is 0 Å². The molecule has 2 aromatic rings. The number of carbonyl (C=O) groups is 1. The number of likely N-dealkylation sites (N-methyl/N-ethyl adjacent to an activating group) is 1. The third kappa shape index (κ3) is 3.60. The summed E-state index contributed by atoms with van der Waals surface area (Å²) < 4.78 is 0. The highest BCUT2D eigenvalue weighted by Crippen LogP contribution is 2.18. The van der Waals surface area contributed by atoms with Crippen molar-refractivity contribution in [3.05, 3.63) is 48.0 Å². The Balaban J connectivity index is 0.00000176. The van der Waals surface area contributed by atoms with Crippen LogP contribution < -0.4 is 5.32 Å². The second kappa shape index (κ2) is 7.61. The smallest absolute Gasteiger partial charge is 0.239 e. The molecule has 4 heteroatoms. The van der Waals surface area contributed by atoms with Crippen LogP contribution in [-0.2, 0) is 11.3 Å². The molecule has 1 aliphatic heterocycles. The lowest BCUT2D eigenvalue weighted by Crippen LogP contribution is -2.43. The Hall–Kier alpha value is -1.58. The number of rotatable bonds is 4. The lowest BCUT2D eigenvalue weighted by atomic mass is 10.1. The number of halogens is 1. The fourth-order valence-electron chi connectivity index (χ4n) is 3.02. The molecular weight excluding hydrogens is 296 g/mol. The van der Waals surface area contributed by atoms with Gasteiger partial charge in [-0.25, -0.2) is 0 Å². The number of amides is 1. The topological polar surface area (TPSA) is 32.3 Å². The Labute approximate surface area is 138 Å². The molecule has 1 aliphatic rings. The van der Waals surface area contributed by atoms with Crippen LogP contribution in [0.25, 0.3) is 10.8 Å². The minimum absolute atomic E-state index is 0. The first-order valence-electron chi connectivity index (χ1n) is 7.78. The highest BCUT2D eigenvalue weighted by molar-refractivity contribution is 5.85. The van der Waals surface area contributed by atoms with Crippen molar-refractivity contribution in [2.45, 2.75) is 32.4 Å². The van der Waals surface area contributed by atoms with Gasteiger partial charge in [-0.05, 0) is 48.7 Å². The van der Waals surface area contributed by atoms with Crippen LogP contribution in [0.4, 0.5) is 0 Å². The summed E-state index contributed by atoms with van der Waals surface area (Å²) in [6.45, 7) is 4.46. The number of nitrogens with one attached hydrogen (secondary N) is 1. The van der Waals surface area contributed by atoms with Crippen molar-refractivity contribution in [2.24, 2.45) is 0 Å². The average Bonchev–Trinajstić information content (AvgIpc) is 3.06. The van der Waals surface area contributed by atoms with E-state index in [2.05, 4.69) is 47.8 Å². The first-order chi connectivity index (χ1) is 10.3. The van der Waals surface area contributed by atoms with Crippen LogP contribution in [0.3, 0.4) is 0 Å². The molecule has 1 unspecified atom stereocenters. The van der Waals surface area contributed by atoms with Crippen LogP contribution in [0.1, 0.15) is 25.3 Å². The summed E-state index contributed by atoms with van der Waals surface area (Å²) in [5.74, 6) is 0.239. The molecule has 118 valence electrons. The Morgan fingerprint density at radius 3 is 2.68 bits per heavy atom. The van der Waals surface area contributed by atoms with Crippen molar-refractivity contribution in [1.29, 1.82) is 0 Å². The fraction of sp³-hybridized carbons (Fsp3) is 0.389. The van der Waals surface area contributed by atoms with Crippen molar-refractivity contribution >= 4 is 29.1 Å². The van der Waals surface area contributed by atoms with E-state index < -0.39 is 0 Å². The molecule has 1 N–H and O–H groups in total. The summed E-state index contributed by atoms with van der Waals surface area (Å²) >= 11 is 0. The number of hydrogen-bond donors (Lipinski definition) is 1. The van der Waals surface area contributed by atoms with E-state index in [4.69, 9.17) is 0 Å². The molecule has 1 fully saturated rings. The summed E-state index contributed by atoms with van der Waals surface area (Å²) in [4.78, 5) is 14.5. The highest BCUT2D eigenvalue weighted by atomic mass is 35.5. The Morgan fingerprint density at radius 2 is 2.00 bits per heavy atom. The molecule has 1 amide bonds. The third-order valence-electron chi connectivity index (χ3n) is 4.24. The van der Waals surface area contributed by atoms with Crippen molar-refractivity contribution in [3.63, 3.8) is 0 Å². The van der Waals surface area contributed by atoms with Crippen LogP contribution in [0.2, 0.25) is 0 Å². The van der Waals surface area contributed by atoms with Crippen LogP contribution in [-0.4, -0.2) is 29.9 Å². The number of nitrogens with zero attached hydrogens (tertiary/aromatic N) is 1. The number of benzene rings is 2. The van der Waals surface area contributed by atoms with Gasteiger partial charge in [-0.15, -0.1) is 12.4 Å². The quantitative estimate of drug-likeness (QED) is 0.937. The van der Waals surface area contributed by atoms with E-state index in [1.54, 1.807) is 0 Å². The summed E-state index contributed by atoms with van der Waals surface area (Å²) in [5, 5.41) is 5.77. The summed E-state index contributed by atoms with van der Waals surface area (Å²) in [6, 6.07) is 14.8. The van der Waals surface area contributed by atoms with E-state index in [9.17, 15) is 4.79 Å². The van der Waals surface area contributed by atoms with Gasteiger partial charge in [0.2, 0.25) is 5.91 Å². The molecule has 22 heavy (non-hydrogen) atoms. The van der Waals surface area contributed by atoms with Crippen LogP contribution in [0.15, 0.2) is 42.5 Å². The number of carbonyl (C=O) groups excluding carboxylic acids is 1. The van der Waals surface area contributed by atoms with Crippen molar-refractivity contribution in [1.82, 2.24) is 10.2 Å². The van der Waals surface area contributed by atoms with Crippen molar-refractivity contribution < 1.29 is 4.79 Å². The Bertz CT molecular complexity index is 638. The van der Waals surface area contributed by atoms with Crippen molar-refractivity contribution in [2.75, 3.05) is 13.1 Å². The van der Waals surface area contributed by atoms with E-state index in [-0.39, 0.29) is 24.4 Å². The lowest BCUT2D eigenvalue weighted by Gasteiger charge is -2.24. The monoisotopic (exact) mass is 318 g/mol. The Morgan fingerprint density at radius 1 is 1.23 bits per heavy atom. The van der Waals surface area contributed by atoms with Gasteiger partial charge < -0.3 is 10.2 Å². The third-order valence-corrected chi connectivity index (χ3v) is 4.24. The maximum absolute atomic E-state index is 12.5. The maximum atomic E-state index is 12.5. The van der Waals surface area contributed by atoms with Crippen LogP contribution >= 0.6 is 12.4 Å². The molecular formula is C18H23ClN2O. The summed E-state index contributed by atoms with van der Waals surface area (Å²) in [6.07, 6.45) is 2.07. The first-order valence-corrected chi connectivity index (χ1v) is 7.78. The molecule has 0 radical (unpaired) electrons. The molecule has 1 atom stereocenters. The normalized spacial score (nSPS) is 17.2. The molecule has 1 heterocycles. The maximum Gasteiger partial charge on any atom is 0.239 e. The molecule has 0 aliphatic carbocycles. The summed E-state index contributed by atoms with van der Waals surface area (Å²) in [7, 11) is 0. The predicted molar refractivity (Wildman–Crippen MR) is 93.3 cm³/mol. The first kappa shape index (κ1) is 16.8. The van der Waals surface area contributed by atoms with E-state index in [0.29, 0.717) is 6.54 Å². The van der Waals surface area contributed by atoms with E-state index in [1.807, 2.05) is 11.8 Å². The second-order valence-corrected chi connectivity index (χ2v) is 5.68. The lowest BCUT2D eigenvalue weighted by molar-refractivity contribution is -0.133. The molecule has 3 rings (SSSR count). The standard InChI is InChI=1S/C18H22N2O.ClH/c1-2-20(18(21)17-8-5-11-19-17)13-14-9-10-15-6-3-4-7-16(15)12-14;/h3-4,6-7,9-10,12,17,19H,2,5,8,11,13H2,1H3;1H. The number of hydrogen-bond acceptors (Lipinski definition) is 2.